The first-order chi connectivity index (χ1) is 10.6. The van der Waals surface area contributed by atoms with Crippen molar-refractivity contribution in [1.29, 1.82) is 0 Å². The Bertz CT molecular complexity index is 1040. The Morgan fingerprint density at radius 3 is 2.82 bits per heavy atom. The Morgan fingerprint density at radius 1 is 1.23 bits per heavy atom. The summed E-state index contributed by atoms with van der Waals surface area (Å²) in [6.07, 6.45) is 0. The number of fused-ring (bicyclic) bond motifs is 4. The zero-order chi connectivity index (χ0) is 15.4. The minimum atomic E-state index is -0.437. The van der Waals surface area contributed by atoms with E-state index in [4.69, 9.17) is 0 Å². The quantitative estimate of drug-likeness (QED) is 0.395. The molecule has 0 spiro atoms. The summed E-state index contributed by atoms with van der Waals surface area (Å²) in [6.45, 7) is 0. The van der Waals surface area contributed by atoms with E-state index in [1.165, 1.54) is 18.2 Å². The average Bonchev–Trinajstić information content (AvgIpc) is 2.84. The molecule has 0 saturated carbocycles. The van der Waals surface area contributed by atoms with Gasteiger partial charge in [-0.3, -0.25) is 10.1 Å². The van der Waals surface area contributed by atoms with Gasteiger partial charge in [-0.15, -0.1) is 0 Å². The van der Waals surface area contributed by atoms with Gasteiger partial charge in [0.1, 0.15) is 5.82 Å². The number of pyridine rings is 1. The van der Waals surface area contributed by atoms with Crippen LogP contribution < -0.4 is 0 Å². The molecule has 2 aliphatic rings. The first-order valence-corrected chi connectivity index (χ1v) is 6.68. The summed E-state index contributed by atoms with van der Waals surface area (Å²) >= 11 is 0. The molecular formula is C16H10FN3O2. The molecule has 0 N–H and O–H groups in total. The maximum absolute atomic E-state index is 13.4. The maximum Gasteiger partial charge on any atom is 0.295 e. The van der Waals surface area contributed by atoms with Crippen molar-refractivity contribution in [1.82, 2.24) is 9.55 Å². The molecule has 6 heteroatoms. The molecular weight excluding hydrogens is 285 g/mol. The molecule has 0 amide bonds. The van der Waals surface area contributed by atoms with E-state index < -0.39 is 4.92 Å². The summed E-state index contributed by atoms with van der Waals surface area (Å²) in [4.78, 5) is 15.1. The van der Waals surface area contributed by atoms with E-state index >= 15 is 0 Å². The van der Waals surface area contributed by atoms with E-state index in [0.717, 1.165) is 16.6 Å². The normalized spacial score (nSPS) is 11.5. The number of nitrogens with zero attached hydrogens (tertiary/aromatic N) is 3. The van der Waals surface area contributed by atoms with Crippen LogP contribution in [-0.2, 0) is 7.05 Å². The molecule has 2 heterocycles. The number of hydrogen-bond acceptors (Lipinski definition) is 3. The van der Waals surface area contributed by atoms with E-state index in [9.17, 15) is 14.5 Å². The largest absolute Gasteiger partial charge is 0.342 e. The summed E-state index contributed by atoms with van der Waals surface area (Å²) in [5.41, 5.74) is 2.59. The number of aromatic nitrogens is 2. The smallest absolute Gasteiger partial charge is 0.295 e. The van der Waals surface area contributed by atoms with Gasteiger partial charge in [-0.25, -0.2) is 9.37 Å². The number of benzene rings is 2. The average molecular weight is 295 g/mol. The predicted octanol–water partition coefficient (Wildman–Crippen LogP) is 3.88. The van der Waals surface area contributed by atoms with Crippen LogP contribution >= 0.6 is 0 Å². The van der Waals surface area contributed by atoms with Crippen molar-refractivity contribution in [2.24, 2.45) is 7.05 Å². The second-order valence-corrected chi connectivity index (χ2v) is 5.18. The van der Waals surface area contributed by atoms with Gasteiger partial charge in [0.15, 0.2) is 5.52 Å². The monoisotopic (exact) mass is 295 g/mol. The van der Waals surface area contributed by atoms with Crippen LogP contribution in [0.2, 0.25) is 0 Å². The highest BCUT2D eigenvalue weighted by atomic mass is 19.1. The van der Waals surface area contributed by atoms with E-state index in [-0.39, 0.29) is 11.5 Å². The molecule has 2 aromatic carbocycles. The van der Waals surface area contributed by atoms with Crippen LogP contribution in [-0.4, -0.2) is 14.5 Å². The SMILES string of the molecule is Cn1c2c3cccc([N+](=O)[O-])c3nc-2cc2cc(F)ccc21. The van der Waals surface area contributed by atoms with Gasteiger partial charge >= 0.3 is 0 Å². The summed E-state index contributed by atoms with van der Waals surface area (Å²) in [6, 6.07) is 11.2. The number of aryl methyl sites for hydroxylation is 1. The van der Waals surface area contributed by atoms with E-state index in [2.05, 4.69) is 4.98 Å². The lowest BCUT2D eigenvalue weighted by atomic mass is 10.1. The first kappa shape index (κ1) is 12.7. The van der Waals surface area contributed by atoms with Crippen LogP contribution in [0.5, 0.6) is 0 Å². The third-order valence-corrected chi connectivity index (χ3v) is 3.92. The summed E-state index contributed by atoms with van der Waals surface area (Å²) in [7, 11) is 1.85. The Hall–Kier alpha value is -3.02. The van der Waals surface area contributed by atoms with Crippen LogP contribution in [0.1, 0.15) is 0 Å². The molecule has 2 aromatic rings. The maximum atomic E-state index is 13.4. The number of nitro benzene ring substituents is 1. The lowest BCUT2D eigenvalue weighted by molar-refractivity contribution is -0.383. The van der Waals surface area contributed by atoms with Crippen LogP contribution in [0.3, 0.4) is 0 Å². The van der Waals surface area contributed by atoms with Crippen molar-refractivity contribution in [2.75, 3.05) is 0 Å². The van der Waals surface area contributed by atoms with Crippen molar-refractivity contribution in [3.05, 3.63) is 58.4 Å². The van der Waals surface area contributed by atoms with Crippen molar-refractivity contribution < 1.29 is 9.31 Å². The van der Waals surface area contributed by atoms with Gasteiger partial charge in [0.05, 0.1) is 16.3 Å². The summed E-state index contributed by atoms with van der Waals surface area (Å²) in [5, 5.41) is 12.6. The van der Waals surface area contributed by atoms with Gasteiger partial charge in [0, 0.05) is 29.4 Å². The predicted molar refractivity (Wildman–Crippen MR) is 81.5 cm³/mol. The molecule has 4 rings (SSSR count). The fraction of sp³-hybridized carbons (Fsp3) is 0.0625. The number of para-hydroxylation sites is 1. The van der Waals surface area contributed by atoms with Crippen LogP contribution in [0.4, 0.5) is 10.1 Å². The highest BCUT2D eigenvalue weighted by Crippen LogP contribution is 2.37. The fourth-order valence-electron chi connectivity index (χ4n) is 2.97. The molecule has 0 aromatic heterocycles. The molecule has 0 radical (unpaired) electrons. The van der Waals surface area contributed by atoms with Gasteiger partial charge in [-0.2, -0.15) is 0 Å². The number of halogens is 1. The molecule has 5 nitrogen and oxygen atoms in total. The molecule has 22 heavy (non-hydrogen) atoms. The Kier molecular flexibility index (Phi) is 2.45. The molecule has 0 bridgehead atoms. The van der Waals surface area contributed by atoms with Crippen LogP contribution in [0.25, 0.3) is 33.2 Å². The Morgan fingerprint density at radius 2 is 2.05 bits per heavy atom. The molecule has 2 aliphatic heterocycles. The molecule has 0 saturated heterocycles. The number of hydrogen-bond donors (Lipinski definition) is 0. The summed E-state index contributed by atoms with van der Waals surface area (Å²) < 4.78 is 15.3. The number of non-ortho nitro benzene ring substituents is 1. The lowest BCUT2D eigenvalue weighted by Crippen LogP contribution is -1.99. The van der Waals surface area contributed by atoms with Crippen molar-refractivity contribution in [2.45, 2.75) is 0 Å². The Balaban J connectivity index is 2.22. The van der Waals surface area contributed by atoms with Gasteiger partial charge in [-0.1, -0.05) is 12.1 Å². The van der Waals surface area contributed by atoms with Crippen molar-refractivity contribution >= 4 is 27.5 Å². The van der Waals surface area contributed by atoms with Gasteiger partial charge in [0.2, 0.25) is 0 Å². The zero-order valence-corrected chi connectivity index (χ0v) is 11.6. The topological polar surface area (TPSA) is 61.0 Å². The second kappa shape index (κ2) is 4.24. The highest BCUT2D eigenvalue weighted by molar-refractivity contribution is 6.03. The lowest BCUT2D eigenvalue weighted by Gasteiger charge is -2.12. The molecule has 0 atom stereocenters. The third-order valence-electron chi connectivity index (χ3n) is 3.92. The fourth-order valence-corrected chi connectivity index (χ4v) is 2.97. The minimum absolute atomic E-state index is 0.0241. The first-order valence-electron chi connectivity index (χ1n) is 6.68. The molecule has 108 valence electrons. The number of rotatable bonds is 1. The minimum Gasteiger partial charge on any atom is -0.342 e. The van der Waals surface area contributed by atoms with E-state index in [1.807, 2.05) is 17.7 Å². The zero-order valence-electron chi connectivity index (χ0n) is 11.6. The van der Waals surface area contributed by atoms with Crippen LogP contribution in [0.15, 0.2) is 42.5 Å². The molecule has 0 unspecified atom stereocenters. The molecule has 0 aliphatic carbocycles. The van der Waals surface area contributed by atoms with E-state index in [0.29, 0.717) is 16.6 Å². The highest BCUT2D eigenvalue weighted by Gasteiger charge is 2.22. The molecule has 0 fully saturated rings. The van der Waals surface area contributed by atoms with E-state index in [1.54, 1.807) is 18.2 Å². The third kappa shape index (κ3) is 1.60. The standard InChI is InChI=1S/C16H10FN3O2/c1-19-13-6-5-10(17)7-9(13)8-12-16(19)11-3-2-4-14(20(21)22)15(11)18-12/h2-8H,1H3. The van der Waals surface area contributed by atoms with Crippen molar-refractivity contribution in [3.63, 3.8) is 0 Å². The second-order valence-electron chi connectivity index (χ2n) is 5.18. The van der Waals surface area contributed by atoms with Crippen molar-refractivity contribution in [3.8, 4) is 11.4 Å². The van der Waals surface area contributed by atoms with Gasteiger partial charge < -0.3 is 4.57 Å². The van der Waals surface area contributed by atoms with Gasteiger partial charge in [-0.05, 0) is 24.3 Å². The summed E-state index contributed by atoms with van der Waals surface area (Å²) in [5.74, 6) is -0.325. The Labute approximate surface area is 124 Å². The van der Waals surface area contributed by atoms with Crippen LogP contribution in [0, 0.1) is 15.9 Å². The number of nitro groups is 1. The van der Waals surface area contributed by atoms with Gasteiger partial charge in [0.25, 0.3) is 5.69 Å².